The Kier molecular flexibility index (Phi) is 7.73. The van der Waals surface area contributed by atoms with Crippen molar-refractivity contribution in [3.05, 3.63) is 65.5 Å². The highest BCUT2D eigenvalue weighted by atomic mass is 32.2. The Morgan fingerprint density at radius 2 is 1.77 bits per heavy atom. The Bertz CT molecular complexity index is 956. The lowest BCUT2D eigenvalue weighted by atomic mass is 10.1. The molecule has 0 saturated heterocycles. The van der Waals surface area contributed by atoms with E-state index in [-0.39, 0.29) is 5.56 Å². The standard InChI is InChI=1S/C22H25N3O4S/c1-3-25-20(15-16-5-9-18(28-2)10-6-16)23-24-22(25)30-14-4-13-29-19-11-7-17(8-12-19)21(26)27/h5-12H,3-4,13-15H2,1-2H3,(H,26,27). The van der Waals surface area contributed by atoms with E-state index in [4.69, 9.17) is 14.6 Å². The molecule has 8 heteroatoms. The number of rotatable bonds is 11. The summed E-state index contributed by atoms with van der Waals surface area (Å²) in [5.74, 6) is 2.37. The zero-order chi connectivity index (χ0) is 21.3. The number of carboxylic acids is 1. The predicted molar refractivity (Wildman–Crippen MR) is 116 cm³/mol. The van der Waals surface area contributed by atoms with Gasteiger partial charge in [0, 0.05) is 18.7 Å². The smallest absolute Gasteiger partial charge is 0.335 e. The molecule has 3 rings (SSSR count). The molecule has 0 amide bonds. The highest BCUT2D eigenvalue weighted by Crippen LogP contribution is 2.21. The number of methoxy groups -OCH3 is 1. The van der Waals surface area contributed by atoms with Crippen molar-refractivity contribution < 1.29 is 19.4 Å². The molecule has 0 unspecified atom stereocenters. The summed E-state index contributed by atoms with van der Waals surface area (Å²) in [4.78, 5) is 10.9. The van der Waals surface area contributed by atoms with Crippen LogP contribution in [0.25, 0.3) is 0 Å². The van der Waals surface area contributed by atoms with Gasteiger partial charge >= 0.3 is 5.97 Å². The van der Waals surface area contributed by atoms with Crippen molar-refractivity contribution in [2.24, 2.45) is 0 Å². The molecule has 1 aromatic heterocycles. The molecule has 7 nitrogen and oxygen atoms in total. The lowest BCUT2D eigenvalue weighted by Gasteiger charge is -2.08. The largest absolute Gasteiger partial charge is 0.497 e. The van der Waals surface area contributed by atoms with Crippen molar-refractivity contribution in [3.8, 4) is 11.5 Å². The van der Waals surface area contributed by atoms with E-state index in [1.807, 2.05) is 24.3 Å². The highest BCUT2D eigenvalue weighted by Gasteiger charge is 2.12. The van der Waals surface area contributed by atoms with Crippen molar-refractivity contribution in [1.82, 2.24) is 14.8 Å². The second kappa shape index (κ2) is 10.7. The summed E-state index contributed by atoms with van der Waals surface area (Å²) in [6.07, 6.45) is 1.57. The minimum absolute atomic E-state index is 0.252. The van der Waals surface area contributed by atoms with E-state index >= 15 is 0 Å². The predicted octanol–water partition coefficient (Wildman–Crippen LogP) is 4.16. The lowest BCUT2D eigenvalue weighted by Crippen LogP contribution is -2.05. The van der Waals surface area contributed by atoms with Gasteiger partial charge in [0.25, 0.3) is 0 Å². The molecule has 158 valence electrons. The van der Waals surface area contributed by atoms with E-state index in [1.54, 1.807) is 43.1 Å². The second-order valence-electron chi connectivity index (χ2n) is 6.55. The third-order valence-electron chi connectivity index (χ3n) is 4.52. The summed E-state index contributed by atoms with van der Waals surface area (Å²) in [6.45, 7) is 3.46. The normalized spacial score (nSPS) is 10.7. The third kappa shape index (κ3) is 5.76. The molecule has 1 N–H and O–H groups in total. The molecule has 2 aromatic carbocycles. The Labute approximate surface area is 180 Å². The SMILES string of the molecule is CCn1c(Cc2ccc(OC)cc2)nnc1SCCCOc1ccc(C(=O)O)cc1. The van der Waals surface area contributed by atoms with E-state index < -0.39 is 5.97 Å². The van der Waals surface area contributed by atoms with E-state index in [1.165, 1.54) is 0 Å². The van der Waals surface area contributed by atoms with Crippen molar-refractivity contribution in [2.75, 3.05) is 19.5 Å². The molecule has 0 radical (unpaired) electrons. The molecule has 0 aliphatic rings. The number of hydrogen-bond donors (Lipinski definition) is 1. The van der Waals surface area contributed by atoms with Gasteiger partial charge in [0.1, 0.15) is 17.3 Å². The Morgan fingerprint density at radius 3 is 2.40 bits per heavy atom. The van der Waals surface area contributed by atoms with Crippen LogP contribution in [0.2, 0.25) is 0 Å². The summed E-state index contributed by atoms with van der Waals surface area (Å²) >= 11 is 1.66. The number of benzene rings is 2. The van der Waals surface area contributed by atoms with Crippen LogP contribution in [0, 0.1) is 0 Å². The van der Waals surface area contributed by atoms with Crippen molar-refractivity contribution in [3.63, 3.8) is 0 Å². The van der Waals surface area contributed by atoms with Gasteiger partial charge in [0.15, 0.2) is 5.16 Å². The van der Waals surface area contributed by atoms with Crippen molar-refractivity contribution in [1.29, 1.82) is 0 Å². The lowest BCUT2D eigenvalue weighted by molar-refractivity contribution is 0.0697. The van der Waals surface area contributed by atoms with Crippen LogP contribution in [0.5, 0.6) is 11.5 Å². The van der Waals surface area contributed by atoms with Gasteiger partial charge < -0.3 is 19.1 Å². The fourth-order valence-corrected chi connectivity index (χ4v) is 3.84. The van der Waals surface area contributed by atoms with Crippen LogP contribution in [0.15, 0.2) is 53.7 Å². The summed E-state index contributed by atoms with van der Waals surface area (Å²) in [5.41, 5.74) is 1.42. The average molecular weight is 428 g/mol. The number of hydrogen-bond acceptors (Lipinski definition) is 6. The molecule has 3 aromatic rings. The fraction of sp³-hybridized carbons (Fsp3) is 0.318. The Morgan fingerprint density at radius 1 is 1.07 bits per heavy atom. The van der Waals surface area contributed by atoms with Crippen molar-refractivity contribution >= 4 is 17.7 Å². The van der Waals surface area contributed by atoms with Gasteiger partial charge in [-0.1, -0.05) is 23.9 Å². The molecule has 0 aliphatic heterocycles. The molecule has 30 heavy (non-hydrogen) atoms. The first kappa shape index (κ1) is 21.7. The first-order valence-electron chi connectivity index (χ1n) is 9.74. The zero-order valence-corrected chi connectivity index (χ0v) is 17.9. The third-order valence-corrected chi connectivity index (χ3v) is 5.57. The first-order valence-corrected chi connectivity index (χ1v) is 10.7. The Balaban J connectivity index is 1.47. The average Bonchev–Trinajstić information content (AvgIpc) is 3.15. The molecule has 0 fully saturated rings. The number of carbonyl (C=O) groups is 1. The monoisotopic (exact) mass is 427 g/mol. The zero-order valence-electron chi connectivity index (χ0n) is 17.1. The molecule has 0 spiro atoms. The van der Waals surface area contributed by atoms with Gasteiger partial charge in [0.2, 0.25) is 0 Å². The molecule has 0 saturated carbocycles. The van der Waals surface area contributed by atoms with Crippen LogP contribution in [0.1, 0.15) is 35.1 Å². The van der Waals surface area contributed by atoms with Crippen LogP contribution in [0.3, 0.4) is 0 Å². The van der Waals surface area contributed by atoms with Crippen molar-refractivity contribution in [2.45, 2.75) is 31.5 Å². The maximum absolute atomic E-state index is 10.9. The van der Waals surface area contributed by atoms with Gasteiger partial charge in [-0.3, -0.25) is 0 Å². The minimum atomic E-state index is -0.940. The van der Waals surface area contributed by atoms with Gasteiger partial charge in [-0.25, -0.2) is 4.79 Å². The van der Waals surface area contributed by atoms with Crippen LogP contribution in [-0.4, -0.2) is 45.3 Å². The summed E-state index contributed by atoms with van der Waals surface area (Å²) in [7, 11) is 1.66. The summed E-state index contributed by atoms with van der Waals surface area (Å²) < 4.78 is 13.0. The molecule has 0 bridgehead atoms. The minimum Gasteiger partial charge on any atom is -0.497 e. The van der Waals surface area contributed by atoms with Gasteiger partial charge in [-0.2, -0.15) is 0 Å². The fourth-order valence-electron chi connectivity index (χ4n) is 2.91. The number of thioether (sulfide) groups is 1. The van der Waals surface area contributed by atoms with Gasteiger partial charge in [-0.15, -0.1) is 10.2 Å². The van der Waals surface area contributed by atoms with E-state index in [0.29, 0.717) is 12.4 Å². The maximum Gasteiger partial charge on any atom is 0.335 e. The van der Waals surface area contributed by atoms with Crippen LogP contribution in [-0.2, 0) is 13.0 Å². The van der Waals surface area contributed by atoms with Crippen LogP contribution in [0.4, 0.5) is 0 Å². The van der Waals surface area contributed by atoms with E-state index in [0.717, 1.165) is 47.4 Å². The Hall–Kier alpha value is -3.00. The molecule has 0 aliphatic carbocycles. The number of nitrogens with zero attached hydrogens (tertiary/aromatic N) is 3. The second-order valence-corrected chi connectivity index (χ2v) is 7.61. The van der Waals surface area contributed by atoms with E-state index in [2.05, 4.69) is 21.7 Å². The summed E-state index contributed by atoms with van der Waals surface area (Å²) in [6, 6.07) is 14.4. The number of aromatic nitrogens is 3. The van der Waals surface area contributed by atoms with Crippen LogP contribution < -0.4 is 9.47 Å². The maximum atomic E-state index is 10.9. The van der Waals surface area contributed by atoms with Crippen LogP contribution >= 0.6 is 11.8 Å². The number of aromatic carboxylic acids is 1. The van der Waals surface area contributed by atoms with E-state index in [9.17, 15) is 4.79 Å². The molecule has 0 atom stereocenters. The van der Waals surface area contributed by atoms with Gasteiger partial charge in [-0.05, 0) is 55.3 Å². The molecular weight excluding hydrogens is 402 g/mol. The molecular formula is C22H25N3O4S. The number of ether oxygens (including phenoxy) is 2. The number of carboxylic acid groups (broad SMARTS) is 1. The quantitative estimate of drug-likeness (QED) is 0.363. The first-order chi connectivity index (χ1) is 14.6. The molecule has 1 heterocycles. The topological polar surface area (TPSA) is 86.5 Å². The van der Waals surface area contributed by atoms with Gasteiger partial charge in [0.05, 0.1) is 19.3 Å². The summed E-state index contributed by atoms with van der Waals surface area (Å²) in [5, 5.41) is 18.6. The highest BCUT2D eigenvalue weighted by molar-refractivity contribution is 7.99.